The first-order valence-corrected chi connectivity index (χ1v) is 8.63. The van der Waals surface area contributed by atoms with Gasteiger partial charge in [0.2, 0.25) is 5.09 Å². The molecule has 0 saturated carbocycles. The normalized spacial score (nSPS) is 23.2. The second-order valence-electron chi connectivity index (χ2n) is 5.95. The van der Waals surface area contributed by atoms with Gasteiger partial charge in [0.25, 0.3) is 10.0 Å². The lowest BCUT2D eigenvalue weighted by Crippen LogP contribution is -2.45. The lowest BCUT2D eigenvalue weighted by molar-refractivity contribution is -0.143. The van der Waals surface area contributed by atoms with Crippen LogP contribution in [-0.2, 0) is 14.8 Å². The zero-order valence-electron chi connectivity index (χ0n) is 12.4. The summed E-state index contributed by atoms with van der Waals surface area (Å²) < 4.78 is 45.1. The molecular weight excluding hydrogens is 325 g/mol. The third-order valence-electron chi connectivity index (χ3n) is 4.03. The maximum Gasteiger partial charge on any atom is 0.307 e. The summed E-state index contributed by atoms with van der Waals surface area (Å²) in [5.41, 5.74) is 0.268. The molecule has 0 spiro atoms. The quantitative estimate of drug-likeness (QED) is 0.925. The number of carboxylic acids is 1. The van der Waals surface area contributed by atoms with Gasteiger partial charge in [0.15, 0.2) is 0 Å². The predicted molar refractivity (Wildman–Crippen MR) is 79.8 cm³/mol. The number of piperidine rings is 1. The van der Waals surface area contributed by atoms with Gasteiger partial charge in [-0.1, -0.05) is 6.92 Å². The SMILES string of the molecule is CC1CC(C(=O)O)CN(S(=O)(=O)c2cc3cc(F)ccc3o2)C1. The molecule has 2 atom stereocenters. The lowest BCUT2D eigenvalue weighted by atomic mass is 9.92. The number of fused-ring (bicyclic) bond motifs is 1. The number of nitrogens with zero attached hydrogens (tertiary/aromatic N) is 1. The van der Waals surface area contributed by atoms with Crippen molar-refractivity contribution >= 4 is 27.0 Å². The van der Waals surface area contributed by atoms with E-state index >= 15 is 0 Å². The summed E-state index contributed by atoms with van der Waals surface area (Å²) in [5, 5.41) is 9.22. The zero-order valence-corrected chi connectivity index (χ0v) is 13.2. The average molecular weight is 341 g/mol. The Balaban J connectivity index is 1.97. The average Bonchev–Trinajstić information content (AvgIpc) is 2.90. The van der Waals surface area contributed by atoms with Crippen molar-refractivity contribution in [1.29, 1.82) is 0 Å². The van der Waals surface area contributed by atoms with Gasteiger partial charge < -0.3 is 9.52 Å². The molecule has 8 heteroatoms. The van der Waals surface area contributed by atoms with Crippen molar-refractivity contribution in [3.05, 3.63) is 30.1 Å². The van der Waals surface area contributed by atoms with E-state index in [1.54, 1.807) is 0 Å². The smallest absolute Gasteiger partial charge is 0.307 e. The van der Waals surface area contributed by atoms with Gasteiger partial charge in [0, 0.05) is 24.5 Å². The molecule has 2 unspecified atom stereocenters. The van der Waals surface area contributed by atoms with Gasteiger partial charge in [-0.05, 0) is 30.5 Å². The minimum absolute atomic E-state index is 0.0681. The van der Waals surface area contributed by atoms with E-state index in [9.17, 15) is 17.6 Å². The highest BCUT2D eigenvalue weighted by Gasteiger charge is 2.37. The standard InChI is InChI=1S/C15H16FNO5S/c1-9-4-11(15(18)19)8-17(7-9)23(20,21)14-6-10-5-12(16)2-3-13(10)22-14/h2-3,5-6,9,11H,4,7-8H2,1H3,(H,18,19). The predicted octanol–water partition coefficient (Wildman–Crippen LogP) is 2.30. The van der Waals surface area contributed by atoms with E-state index in [4.69, 9.17) is 9.52 Å². The third-order valence-corrected chi connectivity index (χ3v) is 5.71. The van der Waals surface area contributed by atoms with E-state index < -0.39 is 27.7 Å². The minimum atomic E-state index is -3.96. The number of hydrogen-bond acceptors (Lipinski definition) is 4. The Bertz CT molecular complexity index is 860. The molecule has 23 heavy (non-hydrogen) atoms. The Morgan fingerprint density at radius 1 is 1.35 bits per heavy atom. The second-order valence-corrected chi connectivity index (χ2v) is 7.81. The molecule has 1 saturated heterocycles. The van der Waals surface area contributed by atoms with Gasteiger partial charge in [-0.25, -0.2) is 12.8 Å². The topological polar surface area (TPSA) is 87.8 Å². The van der Waals surface area contributed by atoms with E-state index in [1.807, 2.05) is 6.92 Å². The molecule has 1 fully saturated rings. The highest BCUT2D eigenvalue weighted by atomic mass is 32.2. The molecule has 2 aromatic rings. The highest BCUT2D eigenvalue weighted by molar-refractivity contribution is 7.89. The van der Waals surface area contributed by atoms with Crippen molar-refractivity contribution in [1.82, 2.24) is 4.31 Å². The Kier molecular flexibility index (Phi) is 3.89. The van der Waals surface area contributed by atoms with Crippen LogP contribution in [0.15, 0.2) is 33.8 Å². The summed E-state index contributed by atoms with van der Waals surface area (Å²) in [6.45, 7) is 1.95. The van der Waals surface area contributed by atoms with Crippen LogP contribution in [0.5, 0.6) is 0 Å². The van der Waals surface area contributed by atoms with Gasteiger partial charge in [-0.2, -0.15) is 4.31 Å². The van der Waals surface area contributed by atoms with Crippen LogP contribution >= 0.6 is 0 Å². The Hall–Kier alpha value is -1.93. The first-order valence-electron chi connectivity index (χ1n) is 7.19. The number of carbonyl (C=O) groups is 1. The fourth-order valence-electron chi connectivity index (χ4n) is 2.92. The lowest BCUT2D eigenvalue weighted by Gasteiger charge is -2.32. The fourth-order valence-corrected chi connectivity index (χ4v) is 4.47. The molecule has 0 radical (unpaired) electrons. The second kappa shape index (κ2) is 5.61. The summed E-state index contributed by atoms with van der Waals surface area (Å²) in [4.78, 5) is 11.2. The van der Waals surface area contributed by atoms with Crippen LogP contribution in [0.1, 0.15) is 13.3 Å². The van der Waals surface area contributed by atoms with Gasteiger partial charge in [-0.3, -0.25) is 4.79 Å². The molecule has 0 aliphatic carbocycles. The molecule has 1 aromatic heterocycles. The molecule has 1 aliphatic heterocycles. The van der Waals surface area contributed by atoms with Crippen LogP contribution in [-0.4, -0.2) is 36.9 Å². The molecule has 1 aromatic carbocycles. The van der Waals surface area contributed by atoms with E-state index in [1.165, 1.54) is 24.3 Å². The van der Waals surface area contributed by atoms with Crippen molar-refractivity contribution < 1.29 is 27.1 Å². The molecule has 1 aliphatic rings. The van der Waals surface area contributed by atoms with E-state index in [0.717, 1.165) is 4.31 Å². The summed E-state index contributed by atoms with van der Waals surface area (Å²) in [5.74, 6) is -2.31. The summed E-state index contributed by atoms with van der Waals surface area (Å²) >= 11 is 0. The number of aliphatic carboxylic acids is 1. The van der Waals surface area contributed by atoms with Crippen LogP contribution in [0.2, 0.25) is 0 Å². The van der Waals surface area contributed by atoms with Gasteiger partial charge in [0.1, 0.15) is 11.4 Å². The van der Waals surface area contributed by atoms with Crippen molar-refractivity contribution in [2.75, 3.05) is 13.1 Å². The van der Waals surface area contributed by atoms with E-state index in [2.05, 4.69) is 0 Å². The van der Waals surface area contributed by atoms with Gasteiger partial charge in [0.05, 0.1) is 5.92 Å². The first-order chi connectivity index (χ1) is 10.8. The number of benzene rings is 1. The minimum Gasteiger partial charge on any atom is -0.481 e. The number of hydrogen-bond donors (Lipinski definition) is 1. The molecule has 0 amide bonds. The molecule has 3 rings (SSSR count). The highest BCUT2D eigenvalue weighted by Crippen LogP contribution is 2.30. The van der Waals surface area contributed by atoms with Crippen LogP contribution in [0.3, 0.4) is 0 Å². The van der Waals surface area contributed by atoms with E-state index in [-0.39, 0.29) is 29.7 Å². The van der Waals surface area contributed by atoms with E-state index in [0.29, 0.717) is 11.8 Å². The molecule has 6 nitrogen and oxygen atoms in total. The number of carboxylic acid groups (broad SMARTS) is 1. The number of halogens is 1. The Morgan fingerprint density at radius 2 is 2.09 bits per heavy atom. The van der Waals surface area contributed by atoms with Crippen molar-refractivity contribution in [2.24, 2.45) is 11.8 Å². The molecule has 1 N–H and O–H groups in total. The van der Waals surface area contributed by atoms with Crippen LogP contribution < -0.4 is 0 Å². The summed E-state index contributed by atoms with van der Waals surface area (Å²) in [6.07, 6.45) is 0.437. The maximum absolute atomic E-state index is 13.2. The Labute approximate surface area is 132 Å². The van der Waals surface area contributed by atoms with Crippen molar-refractivity contribution in [3.8, 4) is 0 Å². The van der Waals surface area contributed by atoms with Crippen LogP contribution in [0, 0.1) is 17.7 Å². The zero-order chi connectivity index (χ0) is 16.8. The van der Waals surface area contributed by atoms with Crippen LogP contribution in [0.4, 0.5) is 4.39 Å². The molecule has 124 valence electrons. The molecule has 0 bridgehead atoms. The molecular formula is C15H16FNO5S. The largest absolute Gasteiger partial charge is 0.481 e. The summed E-state index contributed by atoms with van der Waals surface area (Å²) in [6, 6.07) is 5.01. The van der Waals surface area contributed by atoms with Crippen molar-refractivity contribution in [3.63, 3.8) is 0 Å². The third kappa shape index (κ3) is 2.96. The monoisotopic (exact) mass is 341 g/mol. The first kappa shape index (κ1) is 15.9. The maximum atomic E-state index is 13.2. The Morgan fingerprint density at radius 3 is 2.78 bits per heavy atom. The van der Waals surface area contributed by atoms with Crippen LogP contribution in [0.25, 0.3) is 11.0 Å². The number of rotatable bonds is 3. The van der Waals surface area contributed by atoms with Gasteiger partial charge >= 0.3 is 5.97 Å². The summed E-state index contributed by atoms with van der Waals surface area (Å²) in [7, 11) is -3.96. The van der Waals surface area contributed by atoms with Gasteiger partial charge in [-0.15, -0.1) is 0 Å². The molecule has 2 heterocycles. The fraction of sp³-hybridized carbons (Fsp3) is 0.400. The van der Waals surface area contributed by atoms with Crippen molar-refractivity contribution in [2.45, 2.75) is 18.4 Å². The number of sulfonamides is 1. The number of furan rings is 1.